The lowest BCUT2D eigenvalue weighted by molar-refractivity contribution is -0.115. The molecule has 14 heavy (non-hydrogen) atoms. The molecule has 1 amide bonds. The van der Waals surface area contributed by atoms with Gasteiger partial charge in [0.1, 0.15) is 0 Å². The van der Waals surface area contributed by atoms with Crippen LogP contribution >= 0.6 is 12.2 Å². The van der Waals surface area contributed by atoms with Gasteiger partial charge >= 0.3 is 0 Å². The van der Waals surface area contributed by atoms with Crippen molar-refractivity contribution in [3.05, 3.63) is 24.0 Å². The van der Waals surface area contributed by atoms with Crippen molar-refractivity contribution in [2.45, 2.75) is 13.3 Å². The van der Waals surface area contributed by atoms with E-state index in [0.717, 1.165) is 5.69 Å². The minimum Gasteiger partial charge on any atom is -0.393 e. The first kappa shape index (κ1) is 10.6. The molecule has 0 aliphatic carbocycles. The lowest BCUT2D eigenvalue weighted by Gasteiger charge is -2.04. The predicted octanol–water partition coefficient (Wildman–Crippen LogP) is 1.00. The van der Waals surface area contributed by atoms with Crippen molar-refractivity contribution in [3.8, 4) is 0 Å². The summed E-state index contributed by atoms with van der Waals surface area (Å²) in [6.45, 7) is 1.85. The van der Waals surface area contributed by atoms with Crippen molar-refractivity contribution in [2.75, 3.05) is 5.32 Å². The Morgan fingerprint density at radius 1 is 1.71 bits per heavy atom. The molecular weight excluding hydrogens is 198 g/mol. The van der Waals surface area contributed by atoms with Gasteiger partial charge in [-0.3, -0.25) is 9.78 Å². The van der Waals surface area contributed by atoms with E-state index in [1.165, 1.54) is 0 Å². The van der Waals surface area contributed by atoms with E-state index in [1.807, 2.05) is 6.92 Å². The van der Waals surface area contributed by atoms with E-state index in [-0.39, 0.29) is 17.3 Å². The van der Waals surface area contributed by atoms with Crippen LogP contribution in [0.5, 0.6) is 0 Å². The number of aryl methyl sites for hydroxylation is 1. The normalized spacial score (nSPS) is 9.50. The first-order valence-corrected chi connectivity index (χ1v) is 4.49. The molecule has 0 spiro atoms. The number of amides is 1. The summed E-state index contributed by atoms with van der Waals surface area (Å²) < 4.78 is 0. The number of hydrogen-bond acceptors (Lipinski definition) is 3. The molecule has 74 valence electrons. The van der Waals surface area contributed by atoms with E-state index in [4.69, 9.17) is 5.73 Å². The minimum atomic E-state index is -0.205. The number of nitrogens with one attached hydrogen (secondary N) is 1. The Hall–Kier alpha value is -1.49. The minimum absolute atomic E-state index is 0.0662. The van der Waals surface area contributed by atoms with Crippen molar-refractivity contribution in [1.82, 2.24) is 4.98 Å². The van der Waals surface area contributed by atoms with Crippen LogP contribution in [0.4, 0.5) is 5.69 Å². The number of carbonyl (C=O) groups excluding carboxylic acids is 1. The van der Waals surface area contributed by atoms with Crippen molar-refractivity contribution in [3.63, 3.8) is 0 Å². The Morgan fingerprint density at radius 3 is 3.00 bits per heavy atom. The molecule has 1 heterocycles. The summed E-state index contributed by atoms with van der Waals surface area (Å²) in [5.74, 6) is -0.205. The van der Waals surface area contributed by atoms with Crippen LogP contribution in [0.25, 0.3) is 0 Å². The van der Waals surface area contributed by atoms with Crippen LogP contribution in [-0.4, -0.2) is 15.9 Å². The molecule has 0 radical (unpaired) electrons. The topological polar surface area (TPSA) is 68.0 Å². The number of rotatable bonds is 3. The van der Waals surface area contributed by atoms with E-state index in [9.17, 15) is 4.79 Å². The first-order valence-electron chi connectivity index (χ1n) is 4.09. The van der Waals surface area contributed by atoms with Gasteiger partial charge in [0.15, 0.2) is 0 Å². The standard InChI is InChI=1S/C9H11N3OS/c1-6-4-7(2-3-11-6)12-9(13)5-8(10)14/h2-4H,5H2,1H3,(H2,10,14)(H,11,12,13). The largest absolute Gasteiger partial charge is 0.393 e. The number of nitrogens with zero attached hydrogens (tertiary/aromatic N) is 1. The zero-order chi connectivity index (χ0) is 10.6. The summed E-state index contributed by atoms with van der Waals surface area (Å²) >= 11 is 4.62. The summed E-state index contributed by atoms with van der Waals surface area (Å²) in [7, 11) is 0. The van der Waals surface area contributed by atoms with Gasteiger partial charge in [-0.15, -0.1) is 0 Å². The Kier molecular flexibility index (Phi) is 3.53. The quantitative estimate of drug-likeness (QED) is 0.729. The summed E-state index contributed by atoms with van der Waals surface area (Å²) in [4.78, 5) is 15.4. The number of anilines is 1. The van der Waals surface area contributed by atoms with Crippen molar-refractivity contribution in [1.29, 1.82) is 0 Å². The number of thiocarbonyl (C=S) groups is 1. The van der Waals surface area contributed by atoms with Gasteiger partial charge < -0.3 is 11.1 Å². The maximum atomic E-state index is 11.2. The first-order chi connectivity index (χ1) is 6.58. The molecule has 0 aliphatic heterocycles. The molecule has 0 bridgehead atoms. The van der Waals surface area contributed by atoms with Gasteiger partial charge in [-0.25, -0.2) is 0 Å². The van der Waals surface area contributed by atoms with Crippen molar-refractivity contribution >= 4 is 28.8 Å². The number of aromatic nitrogens is 1. The van der Waals surface area contributed by atoms with E-state index in [1.54, 1.807) is 18.3 Å². The fourth-order valence-electron chi connectivity index (χ4n) is 0.987. The van der Waals surface area contributed by atoms with Gasteiger partial charge in [-0.2, -0.15) is 0 Å². The molecule has 0 unspecified atom stereocenters. The summed E-state index contributed by atoms with van der Waals surface area (Å²) in [6, 6.07) is 3.49. The van der Waals surface area contributed by atoms with E-state index < -0.39 is 0 Å². The lowest BCUT2D eigenvalue weighted by Crippen LogP contribution is -2.20. The van der Waals surface area contributed by atoms with Crippen LogP contribution in [-0.2, 0) is 4.79 Å². The third-order valence-corrected chi connectivity index (χ3v) is 1.66. The lowest BCUT2D eigenvalue weighted by atomic mass is 10.3. The van der Waals surface area contributed by atoms with Crippen LogP contribution in [0.2, 0.25) is 0 Å². The van der Waals surface area contributed by atoms with Gasteiger partial charge in [0.2, 0.25) is 5.91 Å². The molecular formula is C9H11N3OS. The molecule has 0 saturated carbocycles. The molecule has 0 aliphatic rings. The Balaban J connectivity index is 2.60. The van der Waals surface area contributed by atoms with Crippen LogP contribution in [0, 0.1) is 6.92 Å². The van der Waals surface area contributed by atoms with Gasteiger partial charge in [0.05, 0.1) is 11.4 Å². The Morgan fingerprint density at radius 2 is 2.43 bits per heavy atom. The molecule has 4 nitrogen and oxygen atoms in total. The molecule has 1 aromatic rings. The molecule has 0 aromatic carbocycles. The molecule has 0 saturated heterocycles. The molecule has 1 aromatic heterocycles. The van der Waals surface area contributed by atoms with Gasteiger partial charge in [-0.05, 0) is 19.1 Å². The fraction of sp³-hybridized carbons (Fsp3) is 0.222. The van der Waals surface area contributed by atoms with E-state index >= 15 is 0 Å². The molecule has 5 heteroatoms. The van der Waals surface area contributed by atoms with Crippen LogP contribution < -0.4 is 11.1 Å². The zero-order valence-corrected chi connectivity index (χ0v) is 8.60. The van der Waals surface area contributed by atoms with Crippen molar-refractivity contribution in [2.24, 2.45) is 5.73 Å². The number of nitrogens with two attached hydrogens (primary N) is 1. The number of pyridine rings is 1. The molecule has 3 N–H and O–H groups in total. The highest BCUT2D eigenvalue weighted by atomic mass is 32.1. The molecule has 0 fully saturated rings. The summed E-state index contributed by atoms with van der Waals surface area (Å²) in [6.07, 6.45) is 1.70. The zero-order valence-electron chi connectivity index (χ0n) is 7.78. The summed E-state index contributed by atoms with van der Waals surface area (Å²) in [5.41, 5.74) is 6.79. The van der Waals surface area contributed by atoms with Gasteiger partial charge in [0, 0.05) is 17.6 Å². The summed E-state index contributed by atoms with van der Waals surface area (Å²) in [5, 5.41) is 2.67. The second-order valence-corrected chi connectivity index (χ2v) is 3.40. The van der Waals surface area contributed by atoms with Crippen LogP contribution in [0.3, 0.4) is 0 Å². The van der Waals surface area contributed by atoms with Gasteiger partial charge in [-0.1, -0.05) is 12.2 Å². The fourth-order valence-corrected chi connectivity index (χ4v) is 1.12. The second-order valence-electron chi connectivity index (χ2n) is 2.88. The highest BCUT2D eigenvalue weighted by molar-refractivity contribution is 7.80. The monoisotopic (exact) mass is 209 g/mol. The molecule has 0 atom stereocenters. The maximum absolute atomic E-state index is 11.2. The highest BCUT2D eigenvalue weighted by Gasteiger charge is 2.03. The highest BCUT2D eigenvalue weighted by Crippen LogP contribution is 2.07. The number of carbonyl (C=O) groups is 1. The Labute approximate surface area is 87.5 Å². The average Bonchev–Trinajstić information content (AvgIpc) is 2.01. The Bertz CT molecular complexity index is 365. The maximum Gasteiger partial charge on any atom is 0.231 e. The average molecular weight is 209 g/mol. The molecule has 1 rings (SSSR count). The van der Waals surface area contributed by atoms with Crippen molar-refractivity contribution < 1.29 is 4.79 Å². The van der Waals surface area contributed by atoms with Crippen LogP contribution in [0.15, 0.2) is 18.3 Å². The SMILES string of the molecule is Cc1cc(NC(=O)CC(N)=S)ccn1. The smallest absolute Gasteiger partial charge is 0.231 e. The van der Waals surface area contributed by atoms with Gasteiger partial charge in [0.25, 0.3) is 0 Å². The van der Waals surface area contributed by atoms with E-state index in [0.29, 0.717) is 5.69 Å². The third kappa shape index (κ3) is 3.49. The second kappa shape index (κ2) is 4.66. The van der Waals surface area contributed by atoms with Crippen LogP contribution in [0.1, 0.15) is 12.1 Å². The third-order valence-electron chi connectivity index (χ3n) is 1.52. The van der Waals surface area contributed by atoms with E-state index in [2.05, 4.69) is 22.5 Å². The number of hydrogen-bond donors (Lipinski definition) is 2. The predicted molar refractivity (Wildman–Crippen MR) is 59.0 cm³/mol.